The number of amides is 2. The summed E-state index contributed by atoms with van der Waals surface area (Å²) in [7, 11) is 0. The Hall–Kier alpha value is -1.30. The maximum absolute atomic E-state index is 11.9. The van der Waals surface area contributed by atoms with Crippen LogP contribution in [0.25, 0.3) is 0 Å². The number of nitrogens with one attached hydrogen (secondary N) is 1. The number of carbonyl (C=O) groups excluding carboxylic acids is 1. The van der Waals surface area contributed by atoms with Crippen LogP contribution < -0.4 is 5.32 Å². The van der Waals surface area contributed by atoms with E-state index in [9.17, 15) is 9.59 Å². The maximum atomic E-state index is 11.9. The zero-order valence-electron chi connectivity index (χ0n) is 11.2. The molecule has 0 saturated heterocycles. The summed E-state index contributed by atoms with van der Waals surface area (Å²) in [5.41, 5.74) is 0. The molecule has 0 radical (unpaired) electrons. The van der Waals surface area contributed by atoms with Crippen molar-refractivity contribution < 1.29 is 19.8 Å². The summed E-state index contributed by atoms with van der Waals surface area (Å²) in [4.78, 5) is 24.2. The fraction of sp³-hybridized carbons (Fsp3) is 0.833. The molecule has 6 nitrogen and oxygen atoms in total. The Morgan fingerprint density at radius 3 is 2.00 bits per heavy atom. The summed E-state index contributed by atoms with van der Waals surface area (Å²) in [6, 6.07) is -1.65. The number of aliphatic carboxylic acids is 1. The third-order valence-electron chi connectivity index (χ3n) is 2.63. The number of aliphatic hydroxyl groups is 1. The van der Waals surface area contributed by atoms with Gasteiger partial charge in [0, 0.05) is 13.1 Å². The molecule has 0 rings (SSSR count). The van der Waals surface area contributed by atoms with Crippen LogP contribution in [0.4, 0.5) is 4.79 Å². The lowest BCUT2D eigenvalue weighted by molar-refractivity contribution is -0.140. The molecule has 106 valence electrons. The number of unbranched alkanes of at least 4 members (excludes halogenated alkanes) is 2. The minimum absolute atomic E-state index is 0.418. The van der Waals surface area contributed by atoms with E-state index in [1.54, 1.807) is 4.90 Å². The lowest BCUT2D eigenvalue weighted by Gasteiger charge is -2.24. The number of carboxylic acids is 1. The lowest BCUT2D eigenvalue weighted by atomic mass is 10.2. The Morgan fingerprint density at radius 2 is 1.67 bits per heavy atom. The van der Waals surface area contributed by atoms with Crippen molar-refractivity contribution >= 4 is 12.0 Å². The van der Waals surface area contributed by atoms with Crippen molar-refractivity contribution in [1.29, 1.82) is 0 Å². The van der Waals surface area contributed by atoms with Crippen molar-refractivity contribution in [3.05, 3.63) is 0 Å². The van der Waals surface area contributed by atoms with Gasteiger partial charge in [0.15, 0.2) is 6.04 Å². The molecule has 3 N–H and O–H groups in total. The highest BCUT2D eigenvalue weighted by atomic mass is 16.4. The van der Waals surface area contributed by atoms with Crippen molar-refractivity contribution in [3.8, 4) is 0 Å². The Balaban J connectivity index is 4.37. The van der Waals surface area contributed by atoms with Crippen LogP contribution in [0.5, 0.6) is 0 Å². The third kappa shape index (κ3) is 6.44. The minimum Gasteiger partial charge on any atom is -0.480 e. The molecule has 0 bridgehead atoms. The molecule has 6 heteroatoms. The Morgan fingerprint density at radius 1 is 1.17 bits per heavy atom. The average molecular weight is 260 g/mol. The zero-order chi connectivity index (χ0) is 14.0. The number of aliphatic hydroxyl groups excluding tert-OH is 1. The molecule has 1 atom stereocenters. The molecule has 0 heterocycles. The van der Waals surface area contributed by atoms with Crippen LogP contribution >= 0.6 is 0 Å². The number of nitrogens with zero attached hydrogens (tertiary/aromatic N) is 1. The van der Waals surface area contributed by atoms with E-state index in [0.29, 0.717) is 13.1 Å². The highest BCUT2D eigenvalue weighted by Crippen LogP contribution is 2.00. The van der Waals surface area contributed by atoms with Crippen LogP contribution in [0, 0.1) is 0 Å². The fourth-order valence-electron chi connectivity index (χ4n) is 1.44. The van der Waals surface area contributed by atoms with E-state index in [0.717, 1.165) is 25.7 Å². The fourth-order valence-corrected chi connectivity index (χ4v) is 1.44. The number of rotatable bonds is 9. The third-order valence-corrected chi connectivity index (χ3v) is 2.63. The van der Waals surface area contributed by atoms with Gasteiger partial charge in [-0.15, -0.1) is 0 Å². The van der Waals surface area contributed by atoms with Crippen LogP contribution in [0.2, 0.25) is 0 Å². The van der Waals surface area contributed by atoms with Gasteiger partial charge in [-0.05, 0) is 12.8 Å². The summed E-state index contributed by atoms with van der Waals surface area (Å²) in [6.45, 7) is 4.68. The first-order valence-electron chi connectivity index (χ1n) is 6.45. The monoisotopic (exact) mass is 260 g/mol. The Kier molecular flexibility index (Phi) is 9.00. The van der Waals surface area contributed by atoms with Gasteiger partial charge < -0.3 is 20.4 Å². The highest BCUT2D eigenvalue weighted by molar-refractivity contribution is 5.82. The largest absolute Gasteiger partial charge is 0.480 e. The molecule has 18 heavy (non-hydrogen) atoms. The van der Waals surface area contributed by atoms with E-state index >= 15 is 0 Å². The number of urea groups is 1. The number of hydrogen-bond donors (Lipinski definition) is 3. The predicted molar refractivity (Wildman–Crippen MR) is 68.4 cm³/mol. The van der Waals surface area contributed by atoms with Gasteiger partial charge in [-0.2, -0.15) is 0 Å². The first-order chi connectivity index (χ1) is 8.56. The quantitative estimate of drug-likeness (QED) is 0.578. The molecule has 0 aromatic heterocycles. The van der Waals surface area contributed by atoms with E-state index in [1.807, 2.05) is 13.8 Å². The first kappa shape index (κ1) is 16.7. The number of carboxylic acid groups (broad SMARTS) is 1. The summed E-state index contributed by atoms with van der Waals surface area (Å²) in [6.07, 6.45) is 3.71. The molecule has 0 aliphatic rings. The number of carbonyl (C=O) groups is 2. The van der Waals surface area contributed by atoms with Crippen LogP contribution in [0.1, 0.15) is 39.5 Å². The maximum Gasteiger partial charge on any atom is 0.328 e. The van der Waals surface area contributed by atoms with Crippen LogP contribution in [0.15, 0.2) is 0 Å². The average Bonchev–Trinajstić information content (AvgIpc) is 2.35. The van der Waals surface area contributed by atoms with Gasteiger partial charge >= 0.3 is 12.0 Å². The smallest absolute Gasteiger partial charge is 0.328 e. The molecule has 0 aromatic carbocycles. The van der Waals surface area contributed by atoms with Crippen molar-refractivity contribution in [2.24, 2.45) is 0 Å². The molecular weight excluding hydrogens is 236 g/mol. The molecule has 2 amide bonds. The van der Waals surface area contributed by atoms with Gasteiger partial charge in [0.25, 0.3) is 0 Å². The molecule has 0 fully saturated rings. The second-order valence-electron chi connectivity index (χ2n) is 4.22. The van der Waals surface area contributed by atoms with Crippen molar-refractivity contribution in [1.82, 2.24) is 10.2 Å². The van der Waals surface area contributed by atoms with E-state index in [1.165, 1.54) is 0 Å². The second-order valence-corrected chi connectivity index (χ2v) is 4.22. The van der Waals surface area contributed by atoms with Crippen molar-refractivity contribution in [2.45, 2.75) is 45.6 Å². The summed E-state index contributed by atoms with van der Waals surface area (Å²) in [5.74, 6) is -1.23. The molecule has 0 aromatic rings. The van der Waals surface area contributed by atoms with Gasteiger partial charge in [0.2, 0.25) is 0 Å². The van der Waals surface area contributed by atoms with Crippen LogP contribution in [-0.2, 0) is 4.79 Å². The predicted octanol–water partition coefficient (Wildman–Crippen LogP) is 1.04. The van der Waals surface area contributed by atoms with Gasteiger partial charge in [-0.3, -0.25) is 0 Å². The van der Waals surface area contributed by atoms with Gasteiger partial charge in [0.05, 0.1) is 6.61 Å². The molecule has 0 saturated carbocycles. The zero-order valence-corrected chi connectivity index (χ0v) is 11.2. The van der Waals surface area contributed by atoms with Crippen LogP contribution in [-0.4, -0.2) is 52.9 Å². The standard InChI is InChI=1S/C12H24N2O4/c1-3-5-7-14(8-6-4-2)12(18)13-10(9-15)11(16)17/h10,15H,3-9H2,1-2H3,(H,13,18)(H,16,17)/t10-/m0/s1. The molecular formula is C12H24N2O4. The molecule has 0 unspecified atom stereocenters. The number of hydrogen-bond acceptors (Lipinski definition) is 3. The van der Waals surface area contributed by atoms with E-state index < -0.39 is 24.6 Å². The van der Waals surface area contributed by atoms with Gasteiger partial charge in [-0.25, -0.2) is 9.59 Å². The molecule has 0 aliphatic heterocycles. The molecule has 0 aliphatic carbocycles. The first-order valence-corrected chi connectivity index (χ1v) is 6.45. The summed E-state index contributed by atoms with van der Waals surface area (Å²) >= 11 is 0. The van der Waals surface area contributed by atoms with Gasteiger partial charge in [-0.1, -0.05) is 26.7 Å². The van der Waals surface area contributed by atoms with Gasteiger partial charge in [0.1, 0.15) is 0 Å². The Bertz CT molecular complexity index is 250. The minimum atomic E-state index is -1.23. The molecule has 0 spiro atoms. The second kappa shape index (κ2) is 9.70. The SMILES string of the molecule is CCCCN(CCCC)C(=O)N[C@@H](CO)C(=O)O. The normalized spacial score (nSPS) is 11.9. The van der Waals surface area contributed by atoms with Crippen molar-refractivity contribution in [2.75, 3.05) is 19.7 Å². The van der Waals surface area contributed by atoms with E-state index in [-0.39, 0.29) is 0 Å². The summed E-state index contributed by atoms with van der Waals surface area (Å²) < 4.78 is 0. The summed E-state index contributed by atoms with van der Waals surface area (Å²) in [5, 5.41) is 19.9. The topological polar surface area (TPSA) is 89.9 Å². The highest BCUT2D eigenvalue weighted by Gasteiger charge is 2.21. The Labute approximate surface area is 108 Å². The van der Waals surface area contributed by atoms with Crippen molar-refractivity contribution in [3.63, 3.8) is 0 Å². The van der Waals surface area contributed by atoms with E-state index in [4.69, 9.17) is 10.2 Å². The van der Waals surface area contributed by atoms with E-state index in [2.05, 4.69) is 5.32 Å². The van der Waals surface area contributed by atoms with Crippen LogP contribution in [0.3, 0.4) is 0 Å². The lowest BCUT2D eigenvalue weighted by Crippen LogP contribution is -2.50.